The van der Waals surface area contributed by atoms with Crippen molar-refractivity contribution in [3.05, 3.63) is 12.4 Å². The van der Waals surface area contributed by atoms with E-state index in [1.807, 2.05) is 0 Å². The molecular weight excluding hydrogens is 198 g/mol. The van der Waals surface area contributed by atoms with Crippen molar-refractivity contribution in [3.8, 4) is 0 Å². The average Bonchev–Trinajstić information content (AvgIpc) is 1.85. The van der Waals surface area contributed by atoms with Crippen molar-refractivity contribution in [3.63, 3.8) is 0 Å². The van der Waals surface area contributed by atoms with Gasteiger partial charge in [0.2, 0.25) is 0 Å². The average molecular weight is 205 g/mol. The third kappa shape index (κ3) is 5.27. The van der Waals surface area contributed by atoms with E-state index in [1.54, 1.807) is 0 Å². The predicted octanol–water partition coefficient (Wildman–Crippen LogP) is 2.14. The lowest BCUT2D eigenvalue weighted by molar-refractivity contribution is 0.279. The lowest BCUT2D eigenvalue weighted by Crippen LogP contribution is -1.98. The highest BCUT2D eigenvalue weighted by Gasteiger charge is 2.14. The number of alkyl halides is 2. The van der Waals surface area contributed by atoms with Crippen molar-refractivity contribution in [2.45, 2.75) is 4.84 Å². The molecule has 0 saturated heterocycles. The second-order valence-corrected chi connectivity index (χ2v) is 4.46. The zero-order valence-corrected chi connectivity index (χ0v) is 7.44. The largest absolute Gasteiger partial charge is 0.351 e. The highest BCUT2D eigenvalue weighted by molar-refractivity contribution is 7.56. The Labute approximate surface area is 69.1 Å². The van der Waals surface area contributed by atoms with Gasteiger partial charge in [0.1, 0.15) is 4.84 Å². The lowest BCUT2D eigenvalue weighted by atomic mass is 10.9. The first-order valence-electron chi connectivity index (χ1n) is 2.36. The molecule has 0 radical (unpaired) electrons. The first-order valence-corrected chi connectivity index (χ1v) is 4.88. The molecule has 0 spiro atoms. The van der Waals surface area contributed by atoms with E-state index < -0.39 is 12.4 Å². The van der Waals surface area contributed by atoms with Gasteiger partial charge in [-0.15, -0.1) is 23.2 Å². The highest BCUT2D eigenvalue weighted by Crippen LogP contribution is 2.42. The fourth-order valence-corrected chi connectivity index (χ4v) is 0.986. The normalized spacial score (nSPS) is 16.8. The van der Waals surface area contributed by atoms with Crippen molar-refractivity contribution in [2.75, 3.05) is 6.61 Å². The maximum absolute atomic E-state index is 10.6. The molecular formula is C4H7Cl2O3P. The van der Waals surface area contributed by atoms with Crippen LogP contribution in [-0.4, -0.2) is 16.3 Å². The van der Waals surface area contributed by atoms with Crippen LogP contribution in [0.1, 0.15) is 0 Å². The molecule has 6 heteroatoms. The van der Waals surface area contributed by atoms with Crippen LogP contribution in [-0.2, 0) is 9.09 Å². The highest BCUT2D eigenvalue weighted by atomic mass is 35.5. The van der Waals surface area contributed by atoms with E-state index >= 15 is 0 Å². The molecule has 0 amide bonds. The van der Waals surface area contributed by atoms with Crippen LogP contribution in [0.2, 0.25) is 0 Å². The molecule has 0 bridgehead atoms. The van der Waals surface area contributed by atoms with Crippen molar-refractivity contribution >= 4 is 30.8 Å². The van der Waals surface area contributed by atoms with Gasteiger partial charge in [-0.25, -0.2) is 0 Å². The van der Waals surface area contributed by atoms with Gasteiger partial charge < -0.3 is 9.42 Å². The summed E-state index contributed by atoms with van der Waals surface area (Å²) in [6.07, 6.45) is 0. The zero-order valence-electron chi connectivity index (χ0n) is 5.04. The lowest BCUT2D eigenvalue weighted by Gasteiger charge is -2.06. The molecule has 0 saturated carbocycles. The summed E-state index contributed by atoms with van der Waals surface area (Å²) in [7, 11) is -3.63. The Bertz CT molecular complexity index is 159. The van der Waals surface area contributed by atoms with Crippen LogP contribution in [0.3, 0.4) is 0 Å². The monoisotopic (exact) mass is 204 g/mol. The molecule has 0 aliphatic carbocycles. The summed E-state index contributed by atoms with van der Waals surface area (Å²) in [5, 5.41) is 0. The van der Waals surface area contributed by atoms with Gasteiger partial charge in [0.25, 0.3) is 0 Å². The molecule has 60 valence electrons. The molecule has 10 heavy (non-hydrogen) atoms. The van der Waals surface area contributed by atoms with E-state index in [0.29, 0.717) is 0 Å². The Morgan fingerprint density at radius 2 is 2.30 bits per heavy atom. The molecule has 1 N–H and O–H groups in total. The first-order chi connectivity index (χ1) is 4.48. The second-order valence-electron chi connectivity index (χ2n) is 1.43. The molecule has 0 aromatic rings. The quantitative estimate of drug-likeness (QED) is 0.564. The maximum atomic E-state index is 10.6. The summed E-state index contributed by atoms with van der Waals surface area (Å²) < 4.78 is 15.0. The number of rotatable bonds is 4. The van der Waals surface area contributed by atoms with Gasteiger partial charge in [-0.05, 0) is 0 Å². The van der Waals surface area contributed by atoms with Crippen molar-refractivity contribution in [1.82, 2.24) is 0 Å². The zero-order chi connectivity index (χ0) is 8.20. The third-order valence-electron chi connectivity index (χ3n) is 0.616. The fourth-order valence-electron chi connectivity index (χ4n) is 0.216. The van der Waals surface area contributed by atoms with Crippen LogP contribution in [0, 0.1) is 0 Å². The van der Waals surface area contributed by atoms with E-state index in [0.717, 1.165) is 5.82 Å². The molecule has 0 aromatic carbocycles. The van der Waals surface area contributed by atoms with E-state index in [9.17, 15) is 4.57 Å². The Morgan fingerprint density at radius 3 is 2.60 bits per heavy atom. The summed E-state index contributed by atoms with van der Waals surface area (Å²) in [5.74, 6) is 0.823. The number of hydrogen-bond acceptors (Lipinski definition) is 2. The van der Waals surface area contributed by atoms with E-state index in [-0.39, 0.29) is 6.61 Å². The molecule has 0 aromatic heterocycles. The van der Waals surface area contributed by atoms with Gasteiger partial charge in [-0.3, -0.25) is 4.57 Å². The molecule has 3 nitrogen and oxygen atoms in total. The van der Waals surface area contributed by atoms with Crippen molar-refractivity contribution in [1.29, 1.82) is 0 Å². The summed E-state index contributed by atoms with van der Waals surface area (Å²) in [5.41, 5.74) is 0. The summed E-state index contributed by atoms with van der Waals surface area (Å²) in [6, 6.07) is 0. The van der Waals surface area contributed by atoms with Crippen LogP contribution >= 0.6 is 30.8 Å². The van der Waals surface area contributed by atoms with E-state index in [1.165, 1.54) is 0 Å². The van der Waals surface area contributed by atoms with Gasteiger partial charge in [-0.2, -0.15) is 0 Å². The number of halogens is 2. The summed E-state index contributed by atoms with van der Waals surface area (Å²) >= 11 is 10.4. The second kappa shape index (κ2) is 4.37. The minimum absolute atomic E-state index is 0.178. The Kier molecular flexibility index (Phi) is 4.57. The molecule has 0 aliphatic rings. The molecule has 1 unspecified atom stereocenters. The fraction of sp³-hybridized carbons (Fsp3) is 0.500. The number of hydrogen-bond donors (Lipinski definition) is 1. The molecule has 0 heterocycles. The third-order valence-corrected chi connectivity index (χ3v) is 1.85. The SMILES string of the molecule is C=CP(=O)(O)OCC(Cl)Cl. The minimum atomic E-state index is -3.63. The Hall–Kier alpha value is 0.470. The van der Waals surface area contributed by atoms with E-state index in [4.69, 9.17) is 28.1 Å². The Morgan fingerprint density at radius 1 is 1.80 bits per heavy atom. The first kappa shape index (κ1) is 10.5. The van der Waals surface area contributed by atoms with Gasteiger partial charge in [0.05, 0.1) is 6.61 Å². The van der Waals surface area contributed by atoms with Crippen LogP contribution in [0.25, 0.3) is 0 Å². The van der Waals surface area contributed by atoms with Gasteiger partial charge >= 0.3 is 7.60 Å². The van der Waals surface area contributed by atoms with Crippen LogP contribution in [0.5, 0.6) is 0 Å². The van der Waals surface area contributed by atoms with Gasteiger partial charge in [-0.1, -0.05) is 6.58 Å². The molecule has 0 aliphatic heterocycles. The van der Waals surface area contributed by atoms with Crippen LogP contribution < -0.4 is 0 Å². The topological polar surface area (TPSA) is 46.5 Å². The summed E-state index contributed by atoms with van der Waals surface area (Å²) in [4.78, 5) is 7.88. The van der Waals surface area contributed by atoms with E-state index in [2.05, 4.69) is 11.1 Å². The van der Waals surface area contributed by atoms with Crippen molar-refractivity contribution < 1.29 is 14.0 Å². The molecule has 0 fully saturated rings. The van der Waals surface area contributed by atoms with Crippen LogP contribution in [0.4, 0.5) is 0 Å². The predicted molar refractivity (Wildman–Crippen MR) is 41.5 cm³/mol. The van der Waals surface area contributed by atoms with Crippen LogP contribution in [0.15, 0.2) is 12.4 Å². The minimum Gasteiger partial charge on any atom is -0.321 e. The smallest absolute Gasteiger partial charge is 0.321 e. The standard InChI is InChI=1S/C4H7Cl2O3P/c1-2-10(7,8)9-3-4(5)6/h2,4H,1,3H2,(H,7,8). The maximum Gasteiger partial charge on any atom is 0.351 e. The van der Waals surface area contributed by atoms with Crippen molar-refractivity contribution in [2.24, 2.45) is 0 Å². The van der Waals surface area contributed by atoms with Gasteiger partial charge in [0, 0.05) is 5.82 Å². The Balaban J connectivity index is 3.68. The summed E-state index contributed by atoms with van der Waals surface area (Å²) in [6.45, 7) is 2.91. The van der Waals surface area contributed by atoms with Gasteiger partial charge in [0.15, 0.2) is 0 Å². The molecule has 1 atom stereocenters. The molecule has 0 rings (SSSR count).